The van der Waals surface area contributed by atoms with Gasteiger partial charge in [-0.1, -0.05) is 57.6 Å². The Morgan fingerprint density at radius 2 is 1.48 bits per heavy atom. The maximum absolute atomic E-state index is 10.6. The SMILES string of the molecule is CCCCCC/C=C/CCCCCCCC(O)OC(C)=O. The molecule has 21 heavy (non-hydrogen) atoms. The summed E-state index contributed by atoms with van der Waals surface area (Å²) in [6, 6.07) is 0. The minimum absolute atomic E-state index is 0.413. The van der Waals surface area contributed by atoms with Crippen molar-refractivity contribution in [2.24, 2.45) is 0 Å². The van der Waals surface area contributed by atoms with Crippen molar-refractivity contribution in [1.29, 1.82) is 0 Å². The molecule has 0 aliphatic carbocycles. The standard InChI is InChI=1S/C18H34O3/c1-3-4-5-6-7-8-9-10-11-12-13-14-15-16-18(20)21-17(2)19/h8-9,18,20H,3-7,10-16H2,1-2H3/b9-8+. The molecule has 3 heteroatoms. The van der Waals surface area contributed by atoms with E-state index in [0.717, 1.165) is 12.8 Å². The van der Waals surface area contributed by atoms with E-state index in [1.807, 2.05) is 0 Å². The molecule has 1 unspecified atom stereocenters. The Balaban J connectivity index is 3.18. The molecule has 0 amide bonds. The molecule has 0 bridgehead atoms. The average Bonchev–Trinajstić information content (AvgIpc) is 2.43. The highest BCUT2D eigenvalue weighted by atomic mass is 16.6. The normalized spacial score (nSPS) is 12.7. The van der Waals surface area contributed by atoms with Crippen molar-refractivity contribution in [3.05, 3.63) is 12.2 Å². The van der Waals surface area contributed by atoms with Crippen LogP contribution in [0.5, 0.6) is 0 Å². The van der Waals surface area contributed by atoms with E-state index >= 15 is 0 Å². The van der Waals surface area contributed by atoms with Gasteiger partial charge in [-0.05, 0) is 32.1 Å². The van der Waals surface area contributed by atoms with Gasteiger partial charge in [0.25, 0.3) is 0 Å². The molecule has 3 nitrogen and oxygen atoms in total. The lowest BCUT2D eigenvalue weighted by atomic mass is 10.1. The molecule has 124 valence electrons. The van der Waals surface area contributed by atoms with Gasteiger partial charge in [-0.2, -0.15) is 0 Å². The van der Waals surface area contributed by atoms with E-state index in [9.17, 15) is 9.90 Å². The summed E-state index contributed by atoms with van der Waals surface area (Å²) in [5, 5.41) is 9.34. The van der Waals surface area contributed by atoms with E-state index in [-0.39, 0.29) is 0 Å². The van der Waals surface area contributed by atoms with E-state index in [1.165, 1.54) is 64.7 Å². The molecule has 0 aromatic carbocycles. The largest absolute Gasteiger partial charge is 0.436 e. The van der Waals surface area contributed by atoms with Crippen LogP contribution >= 0.6 is 0 Å². The van der Waals surface area contributed by atoms with Crippen LogP contribution in [0.2, 0.25) is 0 Å². The quantitative estimate of drug-likeness (QED) is 0.209. The molecule has 0 aliphatic rings. The van der Waals surface area contributed by atoms with Crippen LogP contribution in [0.3, 0.4) is 0 Å². The second kappa shape index (κ2) is 15.6. The van der Waals surface area contributed by atoms with Crippen molar-refractivity contribution in [3.8, 4) is 0 Å². The van der Waals surface area contributed by atoms with Crippen LogP contribution in [0.1, 0.15) is 90.9 Å². The molecule has 0 fully saturated rings. The van der Waals surface area contributed by atoms with Crippen LogP contribution in [-0.2, 0) is 9.53 Å². The molecule has 0 radical (unpaired) electrons. The van der Waals surface area contributed by atoms with Gasteiger partial charge < -0.3 is 9.84 Å². The number of ether oxygens (including phenoxy) is 1. The first-order valence-electron chi connectivity index (χ1n) is 8.67. The third-order valence-corrected chi connectivity index (χ3v) is 3.51. The molecular weight excluding hydrogens is 264 g/mol. The number of rotatable bonds is 14. The Kier molecular flexibility index (Phi) is 14.9. The van der Waals surface area contributed by atoms with Crippen molar-refractivity contribution < 1.29 is 14.6 Å². The summed E-state index contributed by atoms with van der Waals surface area (Å²) in [5.74, 6) is -0.413. The molecule has 0 spiro atoms. The van der Waals surface area contributed by atoms with Gasteiger partial charge in [-0.15, -0.1) is 0 Å². The molecular formula is C18H34O3. The summed E-state index contributed by atoms with van der Waals surface area (Å²) in [5.41, 5.74) is 0. The third kappa shape index (κ3) is 17.1. The van der Waals surface area contributed by atoms with Crippen molar-refractivity contribution in [3.63, 3.8) is 0 Å². The van der Waals surface area contributed by atoms with Gasteiger partial charge in [-0.3, -0.25) is 4.79 Å². The smallest absolute Gasteiger partial charge is 0.304 e. The molecule has 0 saturated carbocycles. The van der Waals surface area contributed by atoms with Gasteiger partial charge in [0.05, 0.1) is 0 Å². The van der Waals surface area contributed by atoms with Crippen LogP contribution in [0.4, 0.5) is 0 Å². The predicted molar refractivity (Wildman–Crippen MR) is 88.0 cm³/mol. The second-order valence-corrected chi connectivity index (χ2v) is 5.73. The third-order valence-electron chi connectivity index (χ3n) is 3.51. The Morgan fingerprint density at radius 1 is 0.952 bits per heavy atom. The Morgan fingerprint density at radius 3 is 2.05 bits per heavy atom. The van der Waals surface area contributed by atoms with E-state index in [2.05, 4.69) is 23.8 Å². The first kappa shape index (κ1) is 20.2. The van der Waals surface area contributed by atoms with Crippen LogP contribution < -0.4 is 0 Å². The number of hydrogen-bond donors (Lipinski definition) is 1. The van der Waals surface area contributed by atoms with Gasteiger partial charge in [0.15, 0.2) is 0 Å². The number of allylic oxidation sites excluding steroid dienone is 2. The number of aliphatic hydroxyl groups excluding tert-OH is 1. The fourth-order valence-corrected chi connectivity index (χ4v) is 2.29. The molecule has 0 aliphatic heterocycles. The average molecular weight is 298 g/mol. The topological polar surface area (TPSA) is 46.5 Å². The number of carbonyl (C=O) groups excluding carboxylic acids is 1. The molecule has 1 atom stereocenters. The highest BCUT2D eigenvalue weighted by Gasteiger charge is 2.05. The fourth-order valence-electron chi connectivity index (χ4n) is 2.29. The van der Waals surface area contributed by atoms with Crippen LogP contribution in [0.15, 0.2) is 12.2 Å². The first-order chi connectivity index (χ1) is 10.2. The van der Waals surface area contributed by atoms with E-state index < -0.39 is 12.3 Å². The number of unbranched alkanes of at least 4 members (excludes halogenated alkanes) is 9. The summed E-state index contributed by atoms with van der Waals surface area (Å²) in [6.45, 7) is 3.56. The maximum atomic E-state index is 10.6. The van der Waals surface area contributed by atoms with Gasteiger partial charge in [0.2, 0.25) is 6.29 Å². The van der Waals surface area contributed by atoms with E-state index in [0.29, 0.717) is 6.42 Å². The highest BCUT2D eigenvalue weighted by molar-refractivity contribution is 5.65. The fraction of sp³-hybridized carbons (Fsp3) is 0.833. The van der Waals surface area contributed by atoms with Crippen molar-refractivity contribution in [2.45, 2.75) is 97.2 Å². The lowest BCUT2D eigenvalue weighted by molar-refractivity contribution is -0.165. The van der Waals surface area contributed by atoms with Gasteiger partial charge in [0, 0.05) is 13.3 Å². The summed E-state index contributed by atoms with van der Waals surface area (Å²) in [4.78, 5) is 10.6. The second-order valence-electron chi connectivity index (χ2n) is 5.73. The lowest BCUT2D eigenvalue weighted by Crippen LogP contribution is -2.14. The summed E-state index contributed by atoms with van der Waals surface area (Å²) in [6.07, 6.45) is 17.7. The van der Waals surface area contributed by atoms with Gasteiger partial charge in [-0.25, -0.2) is 0 Å². The summed E-state index contributed by atoms with van der Waals surface area (Å²) < 4.78 is 4.66. The van der Waals surface area contributed by atoms with Crippen LogP contribution in [0, 0.1) is 0 Å². The molecule has 0 saturated heterocycles. The minimum Gasteiger partial charge on any atom is -0.436 e. The molecule has 0 aromatic rings. The van der Waals surface area contributed by atoms with Crippen molar-refractivity contribution in [2.75, 3.05) is 0 Å². The maximum Gasteiger partial charge on any atom is 0.304 e. The lowest BCUT2D eigenvalue weighted by Gasteiger charge is -2.09. The van der Waals surface area contributed by atoms with E-state index in [1.54, 1.807) is 0 Å². The van der Waals surface area contributed by atoms with Crippen molar-refractivity contribution >= 4 is 5.97 Å². The molecule has 0 aromatic heterocycles. The predicted octanol–water partition coefficient (Wildman–Crippen LogP) is 5.13. The Hall–Kier alpha value is -0.830. The van der Waals surface area contributed by atoms with Crippen LogP contribution in [-0.4, -0.2) is 17.4 Å². The zero-order chi connectivity index (χ0) is 15.8. The molecule has 1 N–H and O–H groups in total. The Labute approximate surface area is 130 Å². The Bertz CT molecular complexity index is 261. The number of esters is 1. The number of hydrogen-bond acceptors (Lipinski definition) is 3. The first-order valence-corrected chi connectivity index (χ1v) is 8.67. The molecule has 0 heterocycles. The van der Waals surface area contributed by atoms with Crippen LogP contribution in [0.25, 0.3) is 0 Å². The zero-order valence-electron chi connectivity index (χ0n) is 14.0. The summed E-state index contributed by atoms with van der Waals surface area (Å²) in [7, 11) is 0. The molecule has 0 rings (SSSR count). The van der Waals surface area contributed by atoms with E-state index in [4.69, 9.17) is 0 Å². The van der Waals surface area contributed by atoms with Gasteiger partial charge >= 0.3 is 5.97 Å². The number of carbonyl (C=O) groups is 1. The summed E-state index contributed by atoms with van der Waals surface area (Å²) >= 11 is 0. The number of aliphatic hydroxyl groups is 1. The van der Waals surface area contributed by atoms with Crippen molar-refractivity contribution in [1.82, 2.24) is 0 Å². The highest BCUT2D eigenvalue weighted by Crippen LogP contribution is 2.10. The monoisotopic (exact) mass is 298 g/mol. The minimum atomic E-state index is -0.918. The zero-order valence-corrected chi connectivity index (χ0v) is 14.0. The van der Waals surface area contributed by atoms with Gasteiger partial charge in [0.1, 0.15) is 0 Å².